The van der Waals surface area contributed by atoms with Crippen molar-refractivity contribution in [3.8, 4) is 0 Å². The topological polar surface area (TPSA) is 52.6 Å². The average Bonchev–Trinajstić information content (AvgIpc) is 3.02. The molecule has 2 saturated carbocycles. The Hall–Kier alpha value is -1.32. The first-order valence-corrected chi connectivity index (χ1v) is 6.45. The molecule has 0 amide bonds. The SMILES string of the molecule is C=C(C)C(=O)OC.O=C1OCC2C3CCC(C3)C12. The van der Waals surface area contributed by atoms with E-state index in [1.54, 1.807) is 6.92 Å². The molecule has 1 saturated heterocycles. The van der Waals surface area contributed by atoms with Gasteiger partial charge in [0.15, 0.2) is 0 Å². The number of hydrogen-bond acceptors (Lipinski definition) is 4. The Morgan fingerprint density at radius 3 is 2.56 bits per heavy atom. The lowest BCUT2D eigenvalue weighted by atomic mass is 9.81. The fourth-order valence-electron chi connectivity index (χ4n) is 3.47. The molecule has 0 aromatic heterocycles. The highest BCUT2D eigenvalue weighted by Crippen LogP contribution is 2.54. The van der Waals surface area contributed by atoms with Crippen LogP contribution in [0.3, 0.4) is 0 Å². The molecular weight excluding hydrogens is 232 g/mol. The van der Waals surface area contributed by atoms with Gasteiger partial charge in [0.1, 0.15) is 0 Å². The van der Waals surface area contributed by atoms with Crippen molar-refractivity contribution in [2.24, 2.45) is 23.7 Å². The summed E-state index contributed by atoms with van der Waals surface area (Å²) in [4.78, 5) is 21.4. The minimum Gasteiger partial charge on any atom is -0.466 e. The minimum atomic E-state index is -0.347. The highest BCUT2D eigenvalue weighted by Gasteiger charge is 2.54. The largest absolute Gasteiger partial charge is 0.466 e. The molecule has 0 spiro atoms. The van der Waals surface area contributed by atoms with Crippen LogP contribution in [-0.4, -0.2) is 25.7 Å². The van der Waals surface area contributed by atoms with Crippen molar-refractivity contribution >= 4 is 11.9 Å². The molecule has 4 heteroatoms. The normalized spacial score (nSPS) is 35.3. The number of carbonyl (C=O) groups is 2. The van der Waals surface area contributed by atoms with Crippen molar-refractivity contribution in [1.29, 1.82) is 0 Å². The molecule has 1 heterocycles. The maximum atomic E-state index is 11.2. The molecule has 1 aliphatic heterocycles. The molecule has 4 nitrogen and oxygen atoms in total. The first-order chi connectivity index (χ1) is 8.54. The van der Waals surface area contributed by atoms with Crippen LogP contribution in [0.1, 0.15) is 26.2 Å². The number of methoxy groups -OCH3 is 1. The maximum Gasteiger partial charge on any atom is 0.332 e. The summed E-state index contributed by atoms with van der Waals surface area (Å²) in [6.45, 7) is 5.68. The smallest absolute Gasteiger partial charge is 0.332 e. The summed E-state index contributed by atoms with van der Waals surface area (Å²) in [6, 6.07) is 0. The van der Waals surface area contributed by atoms with Crippen LogP contribution in [0.4, 0.5) is 0 Å². The van der Waals surface area contributed by atoms with Crippen LogP contribution < -0.4 is 0 Å². The molecule has 3 fully saturated rings. The summed E-state index contributed by atoms with van der Waals surface area (Å²) in [5.41, 5.74) is 0.433. The van der Waals surface area contributed by atoms with Gasteiger partial charge in [0, 0.05) is 11.5 Å². The number of carbonyl (C=O) groups excluding carboxylic acids is 2. The number of rotatable bonds is 1. The fourth-order valence-corrected chi connectivity index (χ4v) is 3.47. The highest BCUT2D eigenvalue weighted by atomic mass is 16.5. The Kier molecular flexibility index (Phi) is 3.73. The Morgan fingerprint density at radius 1 is 1.39 bits per heavy atom. The zero-order valence-corrected chi connectivity index (χ0v) is 11.0. The maximum absolute atomic E-state index is 11.2. The van der Waals surface area contributed by atoms with Gasteiger partial charge in [-0.05, 0) is 38.0 Å². The number of hydrogen-bond donors (Lipinski definition) is 0. The summed E-state index contributed by atoms with van der Waals surface area (Å²) in [5.74, 6) is 2.20. The third kappa shape index (κ3) is 2.28. The van der Waals surface area contributed by atoms with Gasteiger partial charge in [-0.15, -0.1) is 0 Å². The van der Waals surface area contributed by atoms with E-state index >= 15 is 0 Å². The Bertz CT molecular complexity index is 374. The third-order valence-corrected chi connectivity index (χ3v) is 4.31. The second kappa shape index (κ2) is 5.12. The van der Waals surface area contributed by atoms with Crippen molar-refractivity contribution in [2.75, 3.05) is 13.7 Å². The number of fused-ring (bicyclic) bond motifs is 5. The molecule has 4 unspecified atom stereocenters. The van der Waals surface area contributed by atoms with Gasteiger partial charge >= 0.3 is 11.9 Å². The van der Waals surface area contributed by atoms with Gasteiger partial charge in [-0.2, -0.15) is 0 Å². The van der Waals surface area contributed by atoms with Crippen molar-refractivity contribution in [1.82, 2.24) is 0 Å². The summed E-state index contributed by atoms with van der Waals surface area (Å²) in [6.07, 6.45) is 3.94. The van der Waals surface area contributed by atoms with Gasteiger partial charge in [-0.3, -0.25) is 4.79 Å². The molecule has 18 heavy (non-hydrogen) atoms. The summed E-state index contributed by atoms with van der Waals surface area (Å²) >= 11 is 0. The molecule has 4 atom stereocenters. The second-order valence-electron chi connectivity index (χ2n) is 5.42. The number of esters is 2. The Morgan fingerprint density at radius 2 is 2.06 bits per heavy atom. The predicted octanol–water partition coefficient (Wildman–Crippen LogP) is 1.94. The van der Waals surface area contributed by atoms with Gasteiger partial charge < -0.3 is 9.47 Å². The summed E-state index contributed by atoms with van der Waals surface area (Å²) in [7, 11) is 1.33. The Balaban J connectivity index is 0.000000152. The molecular formula is C14H20O4. The van der Waals surface area contributed by atoms with Gasteiger partial charge in [0.05, 0.1) is 19.6 Å². The molecule has 0 aromatic rings. The van der Waals surface area contributed by atoms with E-state index in [2.05, 4.69) is 11.3 Å². The monoisotopic (exact) mass is 252 g/mol. The van der Waals surface area contributed by atoms with Crippen molar-refractivity contribution in [3.63, 3.8) is 0 Å². The fraction of sp³-hybridized carbons (Fsp3) is 0.714. The van der Waals surface area contributed by atoms with Gasteiger partial charge in [0.25, 0.3) is 0 Å². The number of cyclic esters (lactones) is 1. The van der Waals surface area contributed by atoms with E-state index in [1.807, 2.05) is 0 Å². The second-order valence-corrected chi connectivity index (χ2v) is 5.42. The lowest BCUT2D eigenvalue weighted by Crippen LogP contribution is -2.22. The highest BCUT2D eigenvalue weighted by molar-refractivity contribution is 5.86. The lowest BCUT2D eigenvalue weighted by molar-refractivity contribution is -0.142. The van der Waals surface area contributed by atoms with Crippen LogP contribution in [0, 0.1) is 23.7 Å². The first-order valence-electron chi connectivity index (χ1n) is 6.45. The van der Waals surface area contributed by atoms with E-state index < -0.39 is 0 Å². The third-order valence-electron chi connectivity index (χ3n) is 4.31. The summed E-state index contributed by atoms with van der Waals surface area (Å²) < 4.78 is 9.33. The molecule has 2 aliphatic carbocycles. The van der Waals surface area contributed by atoms with Crippen molar-refractivity contribution in [3.05, 3.63) is 12.2 Å². The van der Waals surface area contributed by atoms with Crippen molar-refractivity contribution < 1.29 is 19.1 Å². The zero-order chi connectivity index (χ0) is 13.3. The van der Waals surface area contributed by atoms with Gasteiger partial charge in [0.2, 0.25) is 0 Å². The van der Waals surface area contributed by atoms with E-state index in [9.17, 15) is 9.59 Å². The van der Waals surface area contributed by atoms with Crippen LogP contribution in [0.25, 0.3) is 0 Å². The summed E-state index contributed by atoms with van der Waals surface area (Å²) in [5, 5.41) is 0. The van der Waals surface area contributed by atoms with E-state index in [0.717, 1.165) is 12.5 Å². The first kappa shape index (κ1) is 13.1. The van der Waals surface area contributed by atoms with Crippen LogP contribution >= 0.6 is 0 Å². The molecule has 0 N–H and O–H groups in total. The van der Waals surface area contributed by atoms with Crippen LogP contribution in [-0.2, 0) is 19.1 Å². The zero-order valence-electron chi connectivity index (χ0n) is 11.0. The Labute approximate surface area is 107 Å². The van der Waals surface area contributed by atoms with E-state index in [0.29, 0.717) is 23.3 Å². The molecule has 0 aromatic carbocycles. The van der Waals surface area contributed by atoms with Crippen LogP contribution in [0.5, 0.6) is 0 Å². The van der Waals surface area contributed by atoms with E-state index in [-0.39, 0.29) is 11.9 Å². The minimum absolute atomic E-state index is 0.0993. The van der Waals surface area contributed by atoms with E-state index in [4.69, 9.17) is 4.74 Å². The van der Waals surface area contributed by atoms with Crippen molar-refractivity contribution in [2.45, 2.75) is 26.2 Å². The molecule has 0 radical (unpaired) electrons. The van der Waals surface area contributed by atoms with Crippen LogP contribution in [0.15, 0.2) is 12.2 Å². The molecule has 100 valence electrons. The predicted molar refractivity (Wildman–Crippen MR) is 65.6 cm³/mol. The molecule has 2 bridgehead atoms. The standard InChI is InChI=1S/C9H12O2.C5H8O2/c10-9-8-6-2-1-5(3-6)7(8)4-11-9;1-4(2)5(6)7-3/h5-8H,1-4H2;1H2,2-3H3. The quantitative estimate of drug-likeness (QED) is 0.528. The molecule has 3 rings (SSSR count). The molecule has 3 aliphatic rings. The number of ether oxygens (including phenoxy) is 2. The van der Waals surface area contributed by atoms with Crippen LogP contribution in [0.2, 0.25) is 0 Å². The average molecular weight is 252 g/mol. The van der Waals surface area contributed by atoms with Gasteiger partial charge in [-0.1, -0.05) is 6.58 Å². The lowest BCUT2D eigenvalue weighted by Gasteiger charge is -2.19. The van der Waals surface area contributed by atoms with Gasteiger partial charge in [-0.25, -0.2) is 4.79 Å². The van der Waals surface area contributed by atoms with E-state index in [1.165, 1.54) is 26.4 Å².